The molecule has 9 nitrogen and oxygen atoms in total. The first kappa shape index (κ1) is 24.3. The van der Waals surface area contributed by atoms with Crippen LogP contribution in [0.4, 0.5) is 14.6 Å². The predicted molar refractivity (Wildman–Crippen MR) is 128 cm³/mol. The van der Waals surface area contributed by atoms with Crippen molar-refractivity contribution < 1.29 is 18.3 Å². The minimum atomic E-state index is -2.62. The Kier molecular flexibility index (Phi) is 8.25. The molecular weight excluding hydrogens is 464 g/mol. The van der Waals surface area contributed by atoms with Gasteiger partial charge in [-0.3, -0.25) is 20.5 Å². The number of morpholine rings is 1. The number of thiocarbonyl (C=S) groups is 1. The molecule has 0 saturated carbocycles. The van der Waals surface area contributed by atoms with Gasteiger partial charge in [-0.15, -0.1) is 0 Å². The molecule has 1 saturated heterocycles. The molecule has 0 spiro atoms. The van der Waals surface area contributed by atoms with Crippen LogP contribution in [0.3, 0.4) is 0 Å². The maximum atomic E-state index is 13.8. The molecule has 184 valence electrons. The Morgan fingerprint density at radius 2 is 2.00 bits per heavy atom. The third-order valence-electron chi connectivity index (χ3n) is 5.97. The molecule has 3 heterocycles. The van der Waals surface area contributed by atoms with Gasteiger partial charge in [0.2, 0.25) is 0 Å². The monoisotopic (exact) mass is 493 g/mol. The van der Waals surface area contributed by atoms with Crippen LogP contribution in [0.25, 0.3) is 0 Å². The molecule has 34 heavy (non-hydrogen) atoms. The van der Waals surface area contributed by atoms with Gasteiger partial charge in [0.1, 0.15) is 17.4 Å². The number of aromatic nitrogens is 2. The predicted octanol–water partition coefficient (Wildman–Crippen LogP) is 2.08. The number of rotatable bonds is 7. The fourth-order valence-electron chi connectivity index (χ4n) is 4.16. The Labute approximate surface area is 202 Å². The van der Waals surface area contributed by atoms with Crippen molar-refractivity contribution in [2.24, 2.45) is 0 Å². The largest absolute Gasteiger partial charge is 0.379 e. The third-order valence-corrected chi connectivity index (χ3v) is 6.21. The van der Waals surface area contributed by atoms with Crippen molar-refractivity contribution in [2.45, 2.75) is 31.4 Å². The number of fused-ring (bicyclic) bond motifs is 1. The van der Waals surface area contributed by atoms with E-state index in [2.05, 4.69) is 31.5 Å². The molecular formula is C22H29F2N7O2S. The maximum Gasteiger partial charge on any atom is 0.275 e. The van der Waals surface area contributed by atoms with Gasteiger partial charge in [0.15, 0.2) is 5.11 Å². The fraction of sp³-hybridized carbons (Fsp3) is 0.500. The fourth-order valence-corrected chi connectivity index (χ4v) is 4.31. The highest BCUT2D eigenvalue weighted by Gasteiger charge is 2.36. The van der Waals surface area contributed by atoms with E-state index in [-0.39, 0.29) is 29.0 Å². The van der Waals surface area contributed by atoms with Gasteiger partial charge in [0, 0.05) is 19.6 Å². The molecule has 0 radical (unpaired) electrons. The lowest BCUT2D eigenvalue weighted by Crippen LogP contribution is -2.47. The SMILES string of the molecule is O=C(NNC(=S)NCCCN1CCOCC1)c1cnn2c1N[C@H](c1ccccc1)C[C@H]2C(F)F. The smallest absolute Gasteiger partial charge is 0.275 e. The van der Waals surface area contributed by atoms with Crippen molar-refractivity contribution in [3.05, 3.63) is 47.7 Å². The first-order valence-electron chi connectivity index (χ1n) is 11.3. The summed E-state index contributed by atoms with van der Waals surface area (Å²) in [7, 11) is 0. The van der Waals surface area contributed by atoms with E-state index in [1.165, 1.54) is 10.9 Å². The molecule has 0 bridgehead atoms. The molecule has 12 heteroatoms. The Hall–Kier alpha value is -2.83. The average molecular weight is 494 g/mol. The van der Waals surface area contributed by atoms with Crippen molar-refractivity contribution in [1.29, 1.82) is 0 Å². The lowest BCUT2D eigenvalue weighted by molar-refractivity contribution is 0.0376. The summed E-state index contributed by atoms with van der Waals surface area (Å²) in [6.45, 7) is 4.97. The van der Waals surface area contributed by atoms with Gasteiger partial charge >= 0.3 is 0 Å². The van der Waals surface area contributed by atoms with Gasteiger partial charge in [0.05, 0.1) is 25.5 Å². The number of nitrogens with zero attached hydrogens (tertiary/aromatic N) is 3. The van der Waals surface area contributed by atoms with Crippen LogP contribution in [-0.4, -0.2) is 71.5 Å². The number of benzene rings is 1. The first-order chi connectivity index (χ1) is 16.5. The second kappa shape index (κ2) is 11.5. The number of hydrogen-bond donors (Lipinski definition) is 4. The minimum absolute atomic E-state index is 0.161. The zero-order valence-electron chi connectivity index (χ0n) is 18.7. The molecule has 0 unspecified atom stereocenters. The summed E-state index contributed by atoms with van der Waals surface area (Å²) >= 11 is 5.22. The molecule has 0 aliphatic carbocycles. The summed E-state index contributed by atoms with van der Waals surface area (Å²) in [5.74, 6) is -0.262. The van der Waals surface area contributed by atoms with Crippen molar-refractivity contribution >= 4 is 29.1 Å². The molecule has 1 amide bonds. The molecule has 2 aromatic rings. The Morgan fingerprint density at radius 3 is 2.74 bits per heavy atom. The number of ether oxygens (including phenoxy) is 1. The molecule has 1 aromatic heterocycles. The molecule has 1 aromatic carbocycles. The number of alkyl halides is 2. The van der Waals surface area contributed by atoms with Gasteiger partial charge in [-0.2, -0.15) is 5.10 Å². The van der Waals surface area contributed by atoms with E-state index in [9.17, 15) is 13.6 Å². The molecule has 1 fully saturated rings. The second-order valence-corrected chi connectivity index (χ2v) is 8.65. The Morgan fingerprint density at radius 1 is 1.24 bits per heavy atom. The molecule has 2 aliphatic rings. The van der Waals surface area contributed by atoms with E-state index in [1.54, 1.807) is 0 Å². The van der Waals surface area contributed by atoms with E-state index < -0.39 is 18.4 Å². The molecule has 2 aliphatic heterocycles. The van der Waals surface area contributed by atoms with Gasteiger partial charge < -0.3 is 15.4 Å². The summed E-state index contributed by atoms with van der Waals surface area (Å²) in [4.78, 5) is 15.1. The van der Waals surface area contributed by atoms with Crippen LogP contribution in [0.2, 0.25) is 0 Å². The van der Waals surface area contributed by atoms with E-state index >= 15 is 0 Å². The van der Waals surface area contributed by atoms with E-state index in [0.29, 0.717) is 6.54 Å². The average Bonchev–Trinajstić information content (AvgIpc) is 3.30. The summed E-state index contributed by atoms with van der Waals surface area (Å²) in [5, 5.41) is 10.6. The van der Waals surface area contributed by atoms with Crippen LogP contribution in [0.1, 0.15) is 40.8 Å². The number of halogens is 2. The van der Waals surface area contributed by atoms with Crippen molar-refractivity contribution in [2.75, 3.05) is 44.7 Å². The normalized spacial score (nSPS) is 20.3. The second-order valence-electron chi connectivity index (χ2n) is 8.24. The number of hydrazine groups is 1. The van der Waals surface area contributed by atoms with Crippen LogP contribution in [0.5, 0.6) is 0 Å². The van der Waals surface area contributed by atoms with E-state index in [4.69, 9.17) is 17.0 Å². The van der Waals surface area contributed by atoms with Crippen LogP contribution >= 0.6 is 12.2 Å². The van der Waals surface area contributed by atoms with E-state index in [0.717, 1.165) is 44.8 Å². The summed E-state index contributed by atoms with van der Waals surface area (Å²) in [5.41, 5.74) is 6.22. The highest BCUT2D eigenvalue weighted by molar-refractivity contribution is 7.80. The minimum Gasteiger partial charge on any atom is -0.379 e. The number of hydrogen-bond acceptors (Lipinski definition) is 6. The van der Waals surface area contributed by atoms with Gasteiger partial charge in [-0.05, 0) is 37.2 Å². The van der Waals surface area contributed by atoms with Crippen molar-refractivity contribution in [3.8, 4) is 0 Å². The lowest BCUT2D eigenvalue weighted by atomic mass is 9.97. The quantitative estimate of drug-likeness (QED) is 0.265. The number of anilines is 1. The van der Waals surface area contributed by atoms with Crippen LogP contribution in [0.15, 0.2) is 36.5 Å². The Bertz CT molecular complexity index is 969. The van der Waals surface area contributed by atoms with Crippen LogP contribution in [-0.2, 0) is 4.74 Å². The summed E-state index contributed by atoms with van der Waals surface area (Å²) in [6, 6.07) is 7.82. The van der Waals surface area contributed by atoms with Gasteiger partial charge in [0.25, 0.3) is 12.3 Å². The summed E-state index contributed by atoms with van der Waals surface area (Å²) in [6.07, 6.45) is -0.267. The zero-order chi connectivity index (χ0) is 23.9. The Balaban J connectivity index is 1.31. The van der Waals surface area contributed by atoms with Gasteiger partial charge in [-0.25, -0.2) is 13.5 Å². The summed E-state index contributed by atoms with van der Waals surface area (Å²) < 4.78 is 34.1. The first-order valence-corrected chi connectivity index (χ1v) is 11.7. The molecule has 4 rings (SSSR count). The molecule has 2 atom stereocenters. The van der Waals surface area contributed by atoms with Crippen LogP contribution in [0, 0.1) is 0 Å². The number of carbonyl (C=O) groups excluding carboxylic acids is 1. The van der Waals surface area contributed by atoms with Gasteiger partial charge in [-0.1, -0.05) is 30.3 Å². The maximum absolute atomic E-state index is 13.8. The topological polar surface area (TPSA) is 95.5 Å². The number of carbonyl (C=O) groups is 1. The highest BCUT2D eigenvalue weighted by Crippen LogP contribution is 2.39. The van der Waals surface area contributed by atoms with Crippen molar-refractivity contribution in [3.63, 3.8) is 0 Å². The van der Waals surface area contributed by atoms with E-state index in [1.807, 2.05) is 30.3 Å². The molecule has 4 N–H and O–H groups in total. The number of nitrogens with one attached hydrogen (secondary N) is 4. The highest BCUT2D eigenvalue weighted by atomic mass is 32.1. The number of amides is 1. The standard InChI is InChI=1S/C22H29F2N7O2S/c23-19(24)18-13-17(15-5-2-1-3-6-15)27-20-16(14-26-31(18)20)21(32)28-29-22(34)25-7-4-8-30-9-11-33-12-10-30/h1-3,5-6,14,17-19,27H,4,7-13H2,(H,28,32)(H2,25,29,34)/t17-,18-/m0/s1. The van der Waals surface area contributed by atoms with Crippen LogP contribution < -0.4 is 21.5 Å². The zero-order valence-corrected chi connectivity index (χ0v) is 19.5. The third kappa shape index (κ3) is 5.99. The van der Waals surface area contributed by atoms with Crippen molar-refractivity contribution in [1.82, 2.24) is 30.8 Å². The lowest BCUT2D eigenvalue weighted by Gasteiger charge is -2.32.